The Hall–Kier alpha value is -2.86. The van der Waals surface area contributed by atoms with E-state index < -0.39 is 24.4 Å². The lowest BCUT2D eigenvalue weighted by Gasteiger charge is -2.17. The molecule has 7 heteroatoms. The number of hydrogen-bond acceptors (Lipinski definition) is 4. The number of anilines is 2. The first kappa shape index (κ1) is 18.9. The molecule has 0 aromatic heterocycles. The van der Waals surface area contributed by atoms with E-state index in [1.807, 2.05) is 31.2 Å². The average Bonchev–Trinajstić information content (AvgIpc) is 3.03. The predicted octanol–water partition coefficient (Wildman–Crippen LogP) is 3.18. The van der Waals surface area contributed by atoms with Gasteiger partial charge >= 0.3 is 5.97 Å². The summed E-state index contributed by atoms with van der Waals surface area (Å²) in [5.74, 6) is -1.72. The first-order valence-corrected chi connectivity index (χ1v) is 8.89. The van der Waals surface area contributed by atoms with Crippen LogP contribution in [0, 0.1) is 12.8 Å². The van der Waals surface area contributed by atoms with Gasteiger partial charge in [-0.1, -0.05) is 23.7 Å². The highest BCUT2D eigenvalue weighted by atomic mass is 35.5. The van der Waals surface area contributed by atoms with Gasteiger partial charge in [0.15, 0.2) is 6.61 Å². The third-order valence-electron chi connectivity index (χ3n) is 4.25. The molecular formula is C20H19ClN2O4. The molecular weight excluding hydrogens is 368 g/mol. The number of ether oxygens (including phenoxy) is 1. The summed E-state index contributed by atoms with van der Waals surface area (Å²) in [5, 5.41) is 3.17. The molecule has 2 aromatic rings. The standard InChI is InChI=1S/C20H19ClN2O4/c1-13-3-2-4-17(9-13)23-11-14(10-19(23)25)20(26)27-12-18(24)22-16-7-5-15(21)6-8-16/h2-9,14H,10-12H2,1H3,(H,22,24)/t14-/m0/s1. The summed E-state index contributed by atoms with van der Waals surface area (Å²) in [6.07, 6.45) is 0.0750. The van der Waals surface area contributed by atoms with E-state index in [1.165, 1.54) is 0 Å². The zero-order valence-corrected chi connectivity index (χ0v) is 15.5. The van der Waals surface area contributed by atoms with Gasteiger partial charge in [-0.2, -0.15) is 0 Å². The Kier molecular flexibility index (Phi) is 5.76. The second-order valence-electron chi connectivity index (χ2n) is 6.41. The summed E-state index contributed by atoms with van der Waals surface area (Å²) in [4.78, 5) is 38.0. The van der Waals surface area contributed by atoms with Crippen molar-refractivity contribution in [1.82, 2.24) is 0 Å². The van der Waals surface area contributed by atoms with Crippen LogP contribution in [0.25, 0.3) is 0 Å². The van der Waals surface area contributed by atoms with Crippen LogP contribution in [0.15, 0.2) is 48.5 Å². The molecule has 0 unspecified atom stereocenters. The van der Waals surface area contributed by atoms with Crippen LogP contribution < -0.4 is 10.2 Å². The maximum Gasteiger partial charge on any atom is 0.311 e. The lowest BCUT2D eigenvalue weighted by molar-refractivity contribution is -0.151. The molecule has 1 fully saturated rings. The largest absolute Gasteiger partial charge is 0.455 e. The topological polar surface area (TPSA) is 75.7 Å². The summed E-state index contributed by atoms with van der Waals surface area (Å²) in [5.41, 5.74) is 2.35. The zero-order chi connectivity index (χ0) is 19.4. The number of carbonyl (C=O) groups is 3. The molecule has 1 aliphatic rings. The fourth-order valence-electron chi connectivity index (χ4n) is 2.90. The Morgan fingerprint density at radius 2 is 1.96 bits per heavy atom. The SMILES string of the molecule is Cc1cccc(N2C[C@@H](C(=O)OCC(=O)Nc3ccc(Cl)cc3)CC2=O)c1. The van der Waals surface area contributed by atoms with Gasteiger partial charge in [0.25, 0.3) is 5.91 Å². The second kappa shape index (κ2) is 8.22. The number of nitrogens with one attached hydrogen (secondary N) is 1. The van der Waals surface area contributed by atoms with Gasteiger partial charge in [0, 0.05) is 29.4 Å². The number of benzene rings is 2. The van der Waals surface area contributed by atoms with Crippen molar-refractivity contribution in [2.24, 2.45) is 5.92 Å². The quantitative estimate of drug-likeness (QED) is 0.801. The van der Waals surface area contributed by atoms with Crippen LogP contribution in [0.5, 0.6) is 0 Å². The third-order valence-corrected chi connectivity index (χ3v) is 4.50. The molecule has 1 aliphatic heterocycles. The van der Waals surface area contributed by atoms with E-state index in [1.54, 1.807) is 29.2 Å². The molecule has 0 bridgehead atoms. The Bertz CT molecular complexity index is 867. The lowest BCUT2D eigenvalue weighted by atomic mass is 10.1. The summed E-state index contributed by atoms with van der Waals surface area (Å²) in [6, 6.07) is 14.1. The maximum absolute atomic E-state index is 12.2. The molecule has 0 spiro atoms. The Balaban J connectivity index is 1.52. The van der Waals surface area contributed by atoms with Gasteiger partial charge in [0.2, 0.25) is 5.91 Å². The lowest BCUT2D eigenvalue weighted by Crippen LogP contribution is -2.28. The van der Waals surface area contributed by atoms with E-state index in [4.69, 9.17) is 16.3 Å². The molecule has 3 rings (SSSR count). The normalized spacial score (nSPS) is 16.3. The van der Waals surface area contributed by atoms with Crippen molar-refractivity contribution in [2.75, 3.05) is 23.4 Å². The minimum absolute atomic E-state index is 0.0750. The number of carbonyl (C=O) groups excluding carboxylic acids is 3. The van der Waals surface area contributed by atoms with Gasteiger partial charge in [-0.15, -0.1) is 0 Å². The molecule has 2 aromatic carbocycles. The maximum atomic E-state index is 12.2. The number of esters is 1. The van der Waals surface area contributed by atoms with Crippen LogP contribution in [0.3, 0.4) is 0 Å². The van der Waals surface area contributed by atoms with Gasteiger partial charge in [-0.3, -0.25) is 14.4 Å². The molecule has 1 N–H and O–H groups in total. The highest BCUT2D eigenvalue weighted by Crippen LogP contribution is 2.26. The Labute approximate surface area is 162 Å². The van der Waals surface area contributed by atoms with Crippen LogP contribution in [0.4, 0.5) is 11.4 Å². The molecule has 0 saturated carbocycles. The van der Waals surface area contributed by atoms with E-state index >= 15 is 0 Å². The molecule has 140 valence electrons. The minimum atomic E-state index is -0.582. The van der Waals surface area contributed by atoms with E-state index in [9.17, 15) is 14.4 Å². The predicted molar refractivity (Wildman–Crippen MR) is 103 cm³/mol. The molecule has 2 amide bonds. The van der Waals surface area contributed by atoms with Gasteiger partial charge in [-0.05, 0) is 48.9 Å². The number of nitrogens with zero attached hydrogens (tertiary/aromatic N) is 1. The summed E-state index contributed by atoms with van der Waals surface area (Å²) in [6.45, 7) is 1.78. The molecule has 0 aliphatic carbocycles. The van der Waals surface area contributed by atoms with Crippen LogP contribution in [-0.4, -0.2) is 30.9 Å². The smallest absolute Gasteiger partial charge is 0.311 e. The average molecular weight is 387 g/mol. The highest BCUT2D eigenvalue weighted by Gasteiger charge is 2.36. The van der Waals surface area contributed by atoms with Gasteiger partial charge in [0.05, 0.1) is 5.92 Å². The van der Waals surface area contributed by atoms with Crippen molar-refractivity contribution < 1.29 is 19.1 Å². The van der Waals surface area contributed by atoms with Crippen molar-refractivity contribution >= 4 is 40.8 Å². The van der Waals surface area contributed by atoms with E-state index in [2.05, 4.69) is 5.32 Å². The summed E-state index contributed by atoms with van der Waals surface area (Å²) < 4.78 is 5.08. The van der Waals surface area contributed by atoms with Crippen LogP contribution in [-0.2, 0) is 19.1 Å². The van der Waals surface area contributed by atoms with E-state index in [0.29, 0.717) is 10.7 Å². The second-order valence-corrected chi connectivity index (χ2v) is 6.84. The van der Waals surface area contributed by atoms with Crippen LogP contribution in [0.1, 0.15) is 12.0 Å². The van der Waals surface area contributed by atoms with Crippen LogP contribution in [0.2, 0.25) is 5.02 Å². The molecule has 27 heavy (non-hydrogen) atoms. The highest BCUT2D eigenvalue weighted by molar-refractivity contribution is 6.30. The van der Waals surface area contributed by atoms with Gasteiger partial charge in [-0.25, -0.2) is 0 Å². The molecule has 1 saturated heterocycles. The zero-order valence-electron chi connectivity index (χ0n) is 14.8. The van der Waals surface area contributed by atoms with Crippen molar-refractivity contribution in [3.63, 3.8) is 0 Å². The van der Waals surface area contributed by atoms with Crippen molar-refractivity contribution in [1.29, 1.82) is 0 Å². The molecule has 1 atom stereocenters. The Morgan fingerprint density at radius 3 is 2.67 bits per heavy atom. The van der Waals surface area contributed by atoms with E-state index in [0.717, 1.165) is 11.3 Å². The monoisotopic (exact) mass is 386 g/mol. The van der Waals surface area contributed by atoms with Crippen molar-refractivity contribution in [3.8, 4) is 0 Å². The molecule has 0 radical (unpaired) electrons. The number of amides is 2. The molecule has 1 heterocycles. The van der Waals surface area contributed by atoms with Gasteiger partial charge in [0.1, 0.15) is 0 Å². The minimum Gasteiger partial charge on any atom is -0.455 e. The Morgan fingerprint density at radius 1 is 1.22 bits per heavy atom. The first-order chi connectivity index (χ1) is 12.9. The number of rotatable bonds is 5. The fraction of sp³-hybridized carbons (Fsp3) is 0.250. The van der Waals surface area contributed by atoms with Crippen molar-refractivity contribution in [2.45, 2.75) is 13.3 Å². The van der Waals surface area contributed by atoms with Crippen LogP contribution >= 0.6 is 11.6 Å². The summed E-state index contributed by atoms with van der Waals surface area (Å²) >= 11 is 5.79. The van der Waals surface area contributed by atoms with Gasteiger partial charge < -0.3 is 15.0 Å². The van der Waals surface area contributed by atoms with E-state index in [-0.39, 0.29) is 18.9 Å². The third kappa shape index (κ3) is 4.86. The number of aryl methyl sites for hydroxylation is 1. The van der Waals surface area contributed by atoms with Crippen molar-refractivity contribution in [3.05, 3.63) is 59.1 Å². The number of hydrogen-bond donors (Lipinski definition) is 1. The molecule has 6 nitrogen and oxygen atoms in total. The first-order valence-electron chi connectivity index (χ1n) is 8.51. The number of halogens is 1. The summed E-state index contributed by atoms with van der Waals surface area (Å²) in [7, 11) is 0. The fourth-order valence-corrected chi connectivity index (χ4v) is 3.02.